The van der Waals surface area contributed by atoms with Gasteiger partial charge in [0.15, 0.2) is 0 Å². The third kappa shape index (κ3) is 4.17. The zero-order valence-electron chi connectivity index (χ0n) is 18.0. The highest BCUT2D eigenvalue weighted by molar-refractivity contribution is 6.44. The Morgan fingerprint density at radius 2 is 1.74 bits per heavy atom. The average molecular weight is 464 g/mol. The Balaban J connectivity index is 1.45. The molecular weight excluding hydrogens is 437 g/mol. The number of halogens is 2. The number of carbonyl (C=O) groups is 1. The molecule has 1 spiro atoms. The summed E-state index contributed by atoms with van der Waals surface area (Å²) in [5.74, 6) is -0.885. The Morgan fingerprint density at radius 1 is 1.06 bits per heavy atom. The van der Waals surface area contributed by atoms with E-state index in [9.17, 15) is 4.79 Å². The lowest BCUT2D eigenvalue weighted by Gasteiger charge is -2.32. The van der Waals surface area contributed by atoms with Gasteiger partial charge in [-0.1, -0.05) is 56.1 Å². The molecule has 5 nitrogen and oxygen atoms in total. The summed E-state index contributed by atoms with van der Waals surface area (Å²) in [6.07, 6.45) is 1.36. The molecule has 31 heavy (non-hydrogen) atoms. The van der Waals surface area contributed by atoms with Crippen LogP contribution in [0.3, 0.4) is 0 Å². The lowest BCUT2D eigenvalue weighted by Crippen LogP contribution is -2.47. The number of amides is 1. The van der Waals surface area contributed by atoms with Crippen LogP contribution >= 0.6 is 23.2 Å². The fraction of sp³-hybridized carbons (Fsp3) is 0.458. The molecule has 2 aliphatic heterocycles. The van der Waals surface area contributed by atoms with Crippen LogP contribution in [0.1, 0.15) is 44.7 Å². The summed E-state index contributed by atoms with van der Waals surface area (Å²) in [5, 5.41) is 0.724. The van der Waals surface area contributed by atoms with Crippen LogP contribution in [0.25, 0.3) is 0 Å². The first kappa shape index (κ1) is 22.4. The Hall–Kier alpha value is -1.79. The van der Waals surface area contributed by atoms with Gasteiger partial charge in [-0.3, -0.25) is 4.79 Å². The zero-order chi connectivity index (χ0) is 22.2. The monoisotopic (exact) mass is 463 g/mol. The van der Waals surface area contributed by atoms with Crippen molar-refractivity contribution in [2.24, 2.45) is 0 Å². The van der Waals surface area contributed by atoms with Gasteiger partial charge < -0.3 is 19.1 Å². The summed E-state index contributed by atoms with van der Waals surface area (Å²) in [6, 6.07) is 11.6. The van der Waals surface area contributed by atoms with Gasteiger partial charge >= 0.3 is 0 Å². The van der Waals surface area contributed by atoms with Crippen LogP contribution in [0, 0.1) is 0 Å². The zero-order valence-corrected chi connectivity index (χ0v) is 19.6. The van der Waals surface area contributed by atoms with E-state index in [2.05, 4.69) is 32.9 Å². The van der Waals surface area contributed by atoms with E-state index in [0.717, 1.165) is 12.2 Å². The van der Waals surface area contributed by atoms with E-state index in [1.807, 2.05) is 12.1 Å². The Labute approximate surface area is 193 Å². The third-order valence-electron chi connectivity index (χ3n) is 5.63. The number of benzene rings is 2. The molecule has 7 heteroatoms. The third-order valence-corrected chi connectivity index (χ3v) is 6.43. The van der Waals surface area contributed by atoms with Gasteiger partial charge in [0, 0.05) is 12.1 Å². The SMILES string of the molecule is CC(C)(C)c1ccc(OCCCN2C(=O)C3(OCCCO3)c3ccc(Cl)c(Cl)c32)cc1. The molecule has 4 rings (SSSR count). The molecule has 1 amide bonds. The number of carbonyl (C=O) groups excluding carboxylic acids is 1. The van der Waals surface area contributed by atoms with E-state index in [0.29, 0.717) is 54.1 Å². The highest BCUT2D eigenvalue weighted by Gasteiger charge is 2.55. The molecule has 0 radical (unpaired) electrons. The maximum Gasteiger partial charge on any atom is 0.292 e. The van der Waals surface area contributed by atoms with E-state index in [1.165, 1.54) is 5.56 Å². The number of hydrogen-bond acceptors (Lipinski definition) is 4. The van der Waals surface area contributed by atoms with Crippen molar-refractivity contribution in [3.8, 4) is 5.75 Å². The van der Waals surface area contributed by atoms with Crippen LogP contribution in [0.5, 0.6) is 5.75 Å². The van der Waals surface area contributed by atoms with Crippen molar-refractivity contribution in [1.82, 2.24) is 0 Å². The first-order valence-corrected chi connectivity index (χ1v) is 11.3. The Kier molecular flexibility index (Phi) is 6.23. The van der Waals surface area contributed by atoms with Crippen LogP contribution < -0.4 is 9.64 Å². The smallest absolute Gasteiger partial charge is 0.292 e. The van der Waals surface area contributed by atoms with Crippen LogP contribution in [0.15, 0.2) is 36.4 Å². The van der Waals surface area contributed by atoms with Gasteiger partial charge in [0.2, 0.25) is 0 Å². The highest BCUT2D eigenvalue weighted by atomic mass is 35.5. The summed E-state index contributed by atoms with van der Waals surface area (Å²) in [5.41, 5.74) is 2.53. The molecule has 2 aliphatic rings. The van der Waals surface area contributed by atoms with E-state index in [-0.39, 0.29) is 11.3 Å². The summed E-state index contributed by atoms with van der Waals surface area (Å²) in [4.78, 5) is 14.9. The molecule has 2 aromatic rings. The van der Waals surface area contributed by atoms with E-state index in [1.54, 1.807) is 17.0 Å². The van der Waals surface area contributed by atoms with E-state index in [4.69, 9.17) is 37.4 Å². The fourth-order valence-corrected chi connectivity index (χ4v) is 4.37. The quantitative estimate of drug-likeness (QED) is 0.533. The lowest BCUT2D eigenvalue weighted by atomic mass is 9.87. The Morgan fingerprint density at radius 3 is 2.39 bits per heavy atom. The molecule has 0 unspecified atom stereocenters. The number of ether oxygens (including phenoxy) is 3. The summed E-state index contributed by atoms with van der Waals surface area (Å²) in [6.45, 7) is 8.31. The molecule has 0 N–H and O–H groups in total. The fourth-order valence-electron chi connectivity index (χ4n) is 3.95. The molecule has 1 saturated heterocycles. The topological polar surface area (TPSA) is 48.0 Å². The second kappa shape index (κ2) is 8.62. The first-order valence-electron chi connectivity index (χ1n) is 10.6. The van der Waals surface area contributed by atoms with Gasteiger partial charge in [-0.15, -0.1) is 0 Å². The van der Waals surface area contributed by atoms with Gasteiger partial charge in [-0.2, -0.15) is 0 Å². The number of rotatable bonds is 5. The van der Waals surface area contributed by atoms with Crippen LogP contribution in [-0.2, 0) is 25.5 Å². The molecule has 0 aliphatic carbocycles. The summed E-state index contributed by atoms with van der Waals surface area (Å²) in [7, 11) is 0. The van der Waals surface area contributed by atoms with Crippen molar-refractivity contribution in [2.45, 2.75) is 44.8 Å². The van der Waals surface area contributed by atoms with E-state index >= 15 is 0 Å². The lowest BCUT2D eigenvalue weighted by molar-refractivity contribution is -0.256. The molecule has 2 aromatic carbocycles. The molecule has 166 valence electrons. The first-order chi connectivity index (χ1) is 14.7. The van der Waals surface area contributed by atoms with Crippen LogP contribution in [-0.4, -0.2) is 32.3 Å². The average Bonchev–Trinajstić information content (AvgIpc) is 2.97. The van der Waals surface area contributed by atoms with Crippen molar-refractivity contribution in [3.05, 3.63) is 57.6 Å². The summed E-state index contributed by atoms with van der Waals surface area (Å²) >= 11 is 12.7. The predicted molar refractivity (Wildman–Crippen MR) is 122 cm³/mol. The predicted octanol–water partition coefficient (Wildman–Crippen LogP) is 5.70. The molecule has 0 bridgehead atoms. The highest BCUT2D eigenvalue weighted by Crippen LogP contribution is 2.50. The largest absolute Gasteiger partial charge is 0.494 e. The van der Waals surface area contributed by atoms with Crippen molar-refractivity contribution >= 4 is 34.8 Å². The van der Waals surface area contributed by atoms with E-state index < -0.39 is 5.79 Å². The van der Waals surface area contributed by atoms with Gasteiger partial charge in [0.25, 0.3) is 11.7 Å². The minimum absolute atomic E-state index is 0.0990. The van der Waals surface area contributed by atoms with Crippen LogP contribution in [0.4, 0.5) is 5.69 Å². The minimum atomic E-state index is -1.43. The molecule has 1 fully saturated rings. The molecule has 2 heterocycles. The minimum Gasteiger partial charge on any atom is -0.494 e. The molecule has 0 saturated carbocycles. The molecule has 0 aromatic heterocycles. The molecular formula is C24H27Cl2NO4. The van der Waals surface area contributed by atoms with Crippen LogP contribution in [0.2, 0.25) is 10.0 Å². The normalized spacial score (nSPS) is 17.8. The number of fused-ring (bicyclic) bond motifs is 2. The van der Waals surface area contributed by atoms with Crippen molar-refractivity contribution in [2.75, 3.05) is 31.3 Å². The molecule has 0 atom stereocenters. The maximum absolute atomic E-state index is 13.3. The number of nitrogens with zero attached hydrogens (tertiary/aromatic N) is 1. The maximum atomic E-state index is 13.3. The van der Waals surface area contributed by atoms with Crippen molar-refractivity contribution in [1.29, 1.82) is 0 Å². The van der Waals surface area contributed by atoms with Gasteiger partial charge in [0.1, 0.15) is 5.75 Å². The standard InChI is InChI=1S/C24H27Cl2NO4/c1-23(2,3)16-6-8-17(9-7-16)29-13-4-12-27-21-18(10-11-19(25)20(21)26)24(22(27)28)30-14-5-15-31-24/h6-11H,4-5,12-15H2,1-3H3. The second-order valence-corrected chi connectivity index (χ2v) is 9.64. The van der Waals surface area contributed by atoms with Crippen molar-refractivity contribution in [3.63, 3.8) is 0 Å². The summed E-state index contributed by atoms with van der Waals surface area (Å²) < 4.78 is 17.6. The number of hydrogen-bond donors (Lipinski definition) is 0. The Bertz CT molecular complexity index is 963. The van der Waals surface area contributed by atoms with Gasteiger partial charge in [-0.25, -0.2) is 0 Å². The van der Waals surface area contributed by atoms with Crippen molar-refractivity contribution < 1.29 is 19.0 Å². The number of anilines is 1. The van der Waals surface area contributed by atoms with Gasteiger partial charge in [-0.05, 0) is 48.1 Å². The van der Waals surface area contributed by atoms with Gasteiger partial charge in [0.05, 0.1) is 35.6 Å². The second-order valence-electron chi connectivity index (χ2n) is 8.86.